The van der Waals surface area contributed by atoms with Crippen LogP contribution in [0.1, 0.15) is 81.2 Å². The van der Waals surface area contributed by atoms with Gasteiger partial charge in [0.25, 0.3) is 0 Å². The van der Waals surface area contributed by atoms with Crippen LogP contribution in [-0.4, -0.2) is 11.9 Å². The van der Waals surface area contributed by atoms with Crippen LogP contribution in [0.4, 0.5) is 0 Å². The Balaban J connectivity index is 1.65. The molecule has 37 heavy (non-hydrogen) atoms. The lowest BCUT2D eigenvalue weighted by molar-refractivity contribution is -0.136. The number of aryl methyl sites for hydroxylation is 1. The summed E-state index contributed by atoms with van der Waals surface area (Å²) in [6.45, 7) is 14.3. The lowest BCUT2D eigenvalue weighted by Crippen LogP contribution is -2.18. The van der Waals surface area contributed by atoms with Gasteiger partial charge in [-0.2, -0.15) is 0 Å². The van der Waals surface area contributed by atoms with Crippen LogP contribution in [0.2, 0.25) is 0 Å². The van der Waals surface area contributed by atoms with Crippen molar-refractivity contribution in [1.82, 2.24) is 0 Å². The molecule has 0 aromatic heterocycles. The van der Waals surface area contributed by atoms with Crippen LogP contribution in [0.15, 0.2) is 66.7 Å². The summed E-state index contributed by atoms with van der Waals surface area (Å²) in [5.41, 5.74) is 5.16. The van der Waals surface area contributed by atoms with Crippen molar-refractivity contribution in [2.45, 2.75) is 73.1 Å². The molecule has 0 aliphatic rings. The van der Waals surface area contributed by atoms with Gasteiger partial charge >= 0.3 is 11.9 Å². The molecule has 2 atom stereocenters. The first kappa shape index (κ1) is 28.2. The summed E-state index contributed by atoms with van der Waals surface area (Å²) >= 11 is 0. The topological polar surface area (TPSA) is 52.6 Å². The number of rotatable bonds is 10. The van der Waals surface area contributed by atoms with Crippen molar-refractivity contribution in [2.24, 2.45) is 11.8 Å². The standard InChI is InChI=1S/C33H40O4/c1-21(2)16-26-8-12-28(13-9-26)24(6)32(34)36-30-18-23(5)19-31(20-30)37-33(35)25(7)29-14-10-27(11-15-29)17-22(3)4/h8-15,18-22,24-25H,16-17H2,1-7H3. The monoisotopic (exact) mass is 500 g/mol. The summed E-state index contributed by atoms with van der Waals surface area (Å²) < 4.78 is 11.4. The van der Waals surface area contributed by atoms with E-state index >= 15 is 0 Å². The Bertz CT molecular complexity index is 1100. The first-order valence-electron chi connectivity index (χ1n) is 13.2. The van der Waals surface area contributed by atoms with Crippen LogP contribution in [-0.2, 0) is 22.4 Å². The summed E-state index contributed by atoms with van der Waals surface area (Å²) in [7, 11) is 0. The Morgan fingerprint density at radius 1 is 0.595 bits per heavy atom. The maximum absolute atomic E-state index is 12.9. The molecule has 0 fully saturated rings. The number of benzene rings is 3. The molecule has 3 rings (SSSR count). The highest BCUT2D eigenvalue weighted by molar-refractivity contribution is 5.81. The zero-order valence-electron chi connectivity index (χ0n) is 23.2. The van der Waals surface area contributed by atoms with Gasteiger partial charge in [-0.3, -0.25) is 9.59 Å². The van der Waals surface area contributed by atoms with Crippen LogP contribution >= 0.6 is 0 Å². The molecule has 0 N–H and O–H groups in total. The van der Waals surface area contributed by atoms with Gasteiger partial charge in [0.2, 0.25) is 0 Å². The van der Waals surface area contributed by atoms with E-state index in [0.29, 0.717) is 23.3 Å². The minimum Gasteiger partial charge on any atom is -0.426 e. The molecule has 0 heterocycles. The van der Waals surface area contributed by atoms with Gasteiger partial charge in [-0.05, 0) is 85.4 Å². The van der Waals surface area contributed by atoms with E-state index in [1.807, 2.05) is 45.0 Å². The summed E-state index contributed by atoms with van der Waals surface area (Å²) in [5, 5.41) is 0. The molecule has 0 radical (unpaired) electrons. The molecule has 4 heteroatoms. The van der Waals surface area contributed by atoms with Crippen molar-refractivity contribution in [3.05, 3.63) is 94.5 Å². The van der Waals surface area contributed by atoms with Crippen LogP contribution < -0.4 is 9.47 Å². The first-order valence-corrected chi connectivity index (χ1v) is 13.2. The second kappa shape index (κ2) is 12.7. The fourth-order valence-electron chi connectivity index (χ4n) is 4.34. The lowest BCUT2D eigenvalue weighted by atomic mass is 9.97. The summed E-state index contributed by atoms with van der Waals surface area (Å²) in [6, 6.07) is 21.4. The number of hydrogen-bond acceptors (Lipinski definition) is 4. The molecular formula is C33H40O4. The van der Waals surface area contributed by atoms with Gasteiger partial charge in [0.05, 0.1) is 11.8 Å². The van der Waals surface area contributed by atoms with Gasteiger partial charge in [0.1, 0.15) is 11.5 Å². The minimum absolute atomic E-state index is 0.352. The Morgan fingerprint density at radius 2 is 0.946 bits per heavy atom. The van der Waals surface area contributed by atoms with E-state index in [0.717, 1.165) is 29.5 Å². The number of esters is 2. The van der Waals surface area contributed by atoms with Crippen LogP contribution in [0.3, 0.4) is 0 Å². The van der Waals surface area contributed by atoms with E-state index in [2.05, 4.69) is 52.0 Å². The number of hydrogen-bond donors (Lipinski definition) is 0. The Morgan fingerprint density at radius 3 is 1.27 bits per heavy atom. The van der Waals surface area contributed by atoms with Crippen molar-refractivity contribution < 1.29 is 19.1 Å². The quantitative estimate of drug-likeness (QED) is 0.210. The molecule has 0 bridgehead atoms. The maximum Gasteiger partial charge on any atom is 0.318 e. The third kappa shape index (κ3) is 8.31. The molecule has 3 aromatic rings. The highest BCUT2D eigenvalue weighted by atomic mass is 16.5. The van der Waals surface area contributed by atoms with Gasteiger partial charge < -0.3 is 9.47 Å². The Hall–Kier alpha value is -3.40. The van der Waals surface area contributed by atoms with E-state index in [-0.39, 0.29) is 11.9 Å². The molecule has 196 valence electrons. The van der Waals surface area contributed by atoms with E-state index in [1.54, 1.807) is 18.2 Å². The van der Waals surface area contributed by atoms with Gasteiger partial charge in [-0.1, -0.05) is 76.2 Å². The molecule has 0 saturated carbocycles. The summed E-state index contributed by atoms with van der Waals surface area (Å²) in [5.74, 6) is 0.344. The predicted octanol–water partition coefficient (Wildman–Crippen LogP) is 7.81. The second-order valence-electron chi connectivity index (χ2n) is 10.9. The molecule has 0 aliphatic carbocycles. The zero-order valence-corrected chi connectivity index (χ0v) is 23.2. The third-order valence-corrected chi connectivity index (χ3v) is 6.42. The molecule has 0 saturated heterocycles. The van der Waals surface area contributed by atoms with Crippen molar-refractivity contribution in [3.8, 4) is 11.5 Å². The van der Waals surface area contributed by atoms with Gasteiger partial charge in [0.15, 0.2) is 0 Å². The predicted molar refractivity (Wildman–Crippen MR) is 149 cm³/mol. The largest absolute Gasteiger partial charge is 0.426 e. The maximum atomic E-state index is 12.9. The molecule has 2 unspecified atom stereocenters. The average molecular weight is 501 g/mol. The Labute approximate surface area is 222 Å². The fraction of sp³-hybridized carbons (Fsp3) is 0.394. The van der Waals surface area contributed by atoms with Gasteiger partial charge in [-0.15, -0.1) is 0 Å². The number of carbonyl (C=O) groups is 2. The van der Waals surface area contributed by atoms with Crippen molar-refractivity contribution in [1.29, 1.82) is 0 Å². The minimum atomic E-state index is -0.418. The second-order valence-corrected chi connectivity index (χ2v) is 10.9. The molecule has 0 spiro atoms. The van der Waals surface area contributed by atoms with E-state index in [1.165, 1.54) is 11.1 Å². The molecule has 4 nitrogen and oxygen atoms in total. The lowest BCUT2D eigenvalue weighted by Gasteiger charge is -2.15. The van der Waals surface area contributed by atoms with Crippen molar-refractivity contribution in [3.63, 3.8) is 0 Å². The van der Waals surface area contributed by atoms with Crippen LogP contribution in [0.5, 0.6) is 11.5 Å². The summed E-state index contributed by atoms with van der Waals surface area (Å²) in [6.07, 6.45) is 2.01. The normalized spacial score (nSPS) is 12.9. The van der Waals surface area contributed by atoms with E-state index < -0.39 is 11.8 Å². The fourth-order valence-corrected chi connectivity index (χ4v) is 4.34. The van der Waals surface area contributed by atoms with Crippen LogP contribution in [0, 0.1) is 18.8 Å². The van der Waals surface area contributed by atoms with Crippen molar-refractivity contribution >= 4 is 11.9 Å². The smallest absolute Gasteiger partial charge is 0.318 e. The third-order valence-electron chi connectivity index (χ3n) is 6.42. The van der Waals surface area contributed by atoms with Gasteiger partial charge in [-0.25, -0.2) is 0 Å². The van der Waals surface area contributed by atoms with Gasteiger partial charge in [0, 0.05) is 6.07 Å². The highest BCUT2D eigenvalue weighted by Crippen LogP contribution is 2.27. The van der Waals surface area contributed by atoms with Crippen molar-refractivity contribution in [2.75, 3.05) is 0 Å². The molecular weight excluding hydrogens is 460 g/mol. The number of carbonyl (C=O) groups excluding carboxylic acids is 2. The van der Waals surface area contributed by atoms with Crippen LogP contribution in [0.25, 0.3) is 0 Å². The van der Waals surface area contributed by atoms with E-state index in [9.17, 15) is 9.59 Å². The average Bonchev–Trinajstić information content (AvgIpc) is 2.83. The van der Waals surface area contributed by atoms with E-state index in [4.69, 9.17) is 9.47 Å². The zero-order chi connectivity index (χ0) is 27.1. The number of ether oxygens (including phenoxy) is 2. The highest BCUT2D eigenvalue weighted by Gasteiger charge is 2.21. The summed E-state index contributed by atoms with van der Waals surface area (Å²) in [4.78, 5) is 25.8. The first-order chi connectivity index (χ1) is 17.5. The molecule has 3 aromatic carbocycles. The molecule has 0 amide bonds. The SMILES string of the molecule is Cc1cc(OC(=O)C(C)c2ccc(CC(C)C)cc2)cc(OC(=O)C(C)c2ccc(CC(C)C)cc2)c1. The molecule has 0 aliphatic heterocycles. The Kier molecular flexibility index (Phi) is 9.68.